The number of methoxy groups -OCH3 is 1. The number of ether oxygens (including phenoxy) is 1. The van der Waals surface area contributed by atoms with E-state index in [1.807, 2.05) is 0 Å². The highest BCUT2D eigenvalue weighted by Gasteiger charge is 2.36. The molecule has 0 saturated heterocycles. The molecule has 0 saturated carbocycles. The van der Waals surface area contributed by atoms with Gasteiger partial charge in [-0.15, -0.1) is 11.3 Å². The maximum Gasteiger partial charge on any atom is 0.265 e. The first-order valence-corrected chi connectivity index (χ1v) is 8.55. The second-order valence-electron chi connectivity index (χ2n) is 5.37. The summed E-state index contributed by atoms with van der Waals surface area (Å²) in [6, 6.07) is 7.81. The molecule has 1 aromatic carbocycles. The second kappa shape index (κ2) is 6.94. The number of anilines is 1. The van der Waals surface area contributed by atoms with Crippen LogP contribution in [0.1, 0.15) is 15.2 Å². The Morgan fingerprint density at radius 3 is 2.85 bits per heavy atom. The minimum atomic E-state index is -1.80. The van der Waals surface area contributed by atoms with Gasteiger partial charge in [-0.3, -0.25) is 10.5 Å². The molecule has 1 aliphatic heterocycles. The Bertz CT molecular complexity index is 929. The molecule has 7 nitrogen and oxygen atoms in total. The molecular formula is C16H15ClFN5O2S. The van der Waals surface area contributed by atoms with Crippen molar-refractivity contribution in [2.75, 3.05) is 12.4 Å². The predicted molar refractivity (Wildman–Crippen MR) is 100 cm³/mol. The van der Waals surface area contributed by atoms with Crippen molar-refractivity contribution < 1.29 is 13.9 Å². The average molecular weight is 396 g/mol. The number of carbonyl (C=O) groups is 1. The van der Waals surface area contributed by atoms with Gasteiger partial charge in [0.1, 0.15) is 5.75 Å². The van der Waals surface area contributed by atoms with E-state index in [1.54, 1.807) is 24.3 Å². The lowest BCUT2D eigenvalue weighted by atomic mass is 9.98. The minimum absolute atomic E-state index is 0.0245. The van der Waals surface area contributed by atoms with Crippen molar-refractivity contribution in [2.24, 2.45) is 16.5 Å². The van der Waals surface area contributed by atoms with Crippen molar-refractivity contribution in [2.45, 2.75) is 5.66 Å². The molecule has 0 fully saturated rings. The number of nitrogens with one attached hydrogen (secondary N) is 2. The van der Waals surface area contributed by atoms with Gasteiger partial charge in [-0.05, 0) is 24.3 Å². The quantitative estimate of drug-likeness (QED) is 0.635. The Morgan fingerprint density at radius 1 is 1.42 bits per heavy atom. The Kier molecular flexibility index (Phi) is 4.86. The Morgan fingerprint density at radius 2 is 2.19 bits per heavy atom. The molecule has 3 rings (SSSR count). The topological polar surface area (TPSA) is 115 Å². The highest BCUT2D eigenvalue weighted by molar-refractivity contribution is 7.18. The van der Waals surface area contributed by atoms with Crippen LogP contribution in [0, 0.1) is 0 Å². The van der Waals surface area contributed by atoms with E-state index in [-0.39, 0.29) is 17.4 Å². The van der Waals surface area contributed by atoms with Crippen molar-refractivity contribution >= 4 is 40.5 Å². The third-order valence-electron chi connectivity index (χ3n) is 3.69. The zero-order valence-electron chi connectivity index (χ0n) is 13.5. The molecule has 6 N–H and O–H groups in total. The van der Waals surface area contributed by atoms with Crippen LogP contribution < -0.4 is 26.8 Å². The number of hydrogen-bond acceptors (Lipinski definition) is 7. The number of amides is 1. The molecule has 1 atom stereocenters. The van der Waals surface area contributed by atoms with Gasteiger partial charge in [0.05, 0.1) is 22.0 Å². The van der Waals surface area contributed by atoms with E-state index in [1.165, 1.54) is 13.2 Å². The smallest absolute Gasteiger partial charge is 0.265 e. The van der Waals surface area contributed by atoms with Crippen LogP contribution >= 0.6 is 22.9 Å². The number of carbonyl (C=O) groups excluding carboxylic acids is 1. The fraction of sp³-hybridized carbons (Fsp3) is 0.125. The van der Waals surface area contributed by atoms with Crippen LogP contribution in [-0.2, 0) is 5.66 Å². The zero-order chi connectivity index (χ0) is 18.9. The third-order valence-corrected chi connectivity index (χ3v) is 4.92. The Labute approximate surface area is 157 Å². The largest absolute Gasteiger partial charge is 0.495 e. The summed E-state index contributed by atoms with van der Waals surface area (Å²) in [4.78, 5) is 16.8. The molecule has 1 amide bonds. The van der Waals surface area contributed by atoms with Crippen molar-refractivity contribution in [3.05, 3.63) is 57.1 Å². The van der Waals surface area contributed by atoms with Gasteiger partial charge in [0.25, 0.3) is 5.91 Å². The Hall–Kier alpha value is -2.62. The fourth-order valence-corrected chi connectivity index (χ4v) is 3.33. The van der Waals surface area contributed by atoms with Crippen LogP contribution in [0.2, 0.25) is 4.34 Å². The highest BCUT2D eigenvalue weighted by Crippen LogP contribution is 2.36. The molecule has 1 aromatic heterocycles. The molecule has 10 heteroatoms. The summed E-state index contributed by atoms with van der Waals surface area (Å²) >= 11 is 6.99. The maximum atomic E-state index is 14.3. The maximum absolute atomic E-state index is 14.3. The number of guanidine groups is 1. The highest BCUT2D eigenvalue weighted by atomic mass is 35.5. The van der Waals surface area contributed by atoms with E-state index < -0.39 is 11.5 Å². The first-order chi connectivity index (χ1) is 12.3. The average Bonchev–Trinajstić information content (AvgIpc) is 3.05. The van der Waals surface area contributed by atoms with E-state index in [2.05, 4.69) is 15.6 Å². The normalized spacial score (nSPS) is 19.2. The van der Waals surface area contributed by atoms with Gasteiger partial charge in [0.2, 0.25) is 0 Å². The molecule has 136 valence electrons. The second-order valence-corrected chi connectivity index (χ2v) is 7.09. The third kappa shape index (κ3) is 3.36. The first kappa shape index (κ1) is 18.2. The van der Waals surface area contributed by atoms with Gasteiger partial charge in [-0.25, -0.2) is 9.38 Å². The summed E-state index contributed by atoms with van der Waals surface area (Å²) in [5.74, 6) is -0.751. The zero-order valence-corrected chi connectivity index (χ0v) is 15.1. The molecule has 0 bridgehead atoms. The van der Waals surface area contributed by atoms with Crippen LogP contribution in [0.5, 0.6) is 5.75 Å². The summed E-state index contributed by atoms with van der Waals surface area (Å²) in [5.41, 5.74) is 10.5. The summed E-state index contributed by atoms with van der Waals surface area (Å²) < 4.78 is 20.1. The Balaban J connectivity index is 1.98. The van der Waals surface area contributed by atoms with E-state index >= 15 is 0 Å². The molecule has 2 heterocycles. The van der Waals surface area contributed by atoms with Crippen LogP contribution in [0.25, 0.3) is 0 Å². The molecule has 1 aliphatic rings. The monoisotopic (exact) mass is 395 g/mol. The fourth-order valence-electron chi connectivity index (χ4n) is 2.39. The van der Waals surface area contributed by atoms with E-state index in [9.17, 15) is 9.18 Å². The summed E-state index contributed by atoms with van der Waals surface area (Å²) in [5, 5.41) is 5.16. The van der Waals surface area contributed by atoms with E-state index in [0.29, 0.717) is 20.7 Å². The van der Waals surface area contributed by atoms with Crippen LogP contribution in [0.15, 0.2) is 47.4 Å². The summed E-state index contributed by atoms with van der Waals surface area (Å²) in [6.07, 6.45) is 1.04. The van der Waals surface area contributed by atoms with Crippen LogP contribution in [0.4, 0.5) is 10.1 Å². The van der Waals surface area contributed by atoms with Gasteiger partial charge in [0, 0.05) is 11.8 Å². The molecule has 0 spiro atoms. The van der Waals surface area contributed by atoms with Crippen molar-refractivity contribution in [1.29, 1.82) is 0 Å². The molecule has 0 radical (unpaired) electrons. The number of thiophene rings is 1. The van der Waals surface area contributed by atoms with Gasteiger partial charge < -0.3 is 21.1 Å². The number of hydrogen-bond donors (Lipinski definition) is 4. The number of halogens is 2. The number of nitrogens with two attached hydrogens (primary N) is 2. The van der Waals surface area contributed by atoms with Gasteiger partial charge >= 0.3 is 0 Å². The molecule has 26 heavy (non-hydrogen) atoms. The lowest BCUT2D eigenvalue weighted by Gasteiger charge is -2.28. The number of nitrogens with zero attached hydrogens (tertiary/aromatic N) is 1. The van der Waals surface area contributed by atoms with E-state index in [0.717, 1.165) is 17.5 Å². The standard InChI is InChI=1S/C16H15ClFN5O2S/c1-25-10-3-2-8(16(20)12(18)7-21-15(19)23-16)6-9(10)22-14(24)11-4-5-13(17)26-11/h2-7H,20H2,1H3,(H,22,24)(H3,19,21,23). The van der Waals surface area contributed by atoms with Gasteiger partial charge in [-0.2, -0.15) is 0 Å². The number of aliphatic imine (C=N–C) groups is 1. The number of benzene rings is 1. The predicted octanol–water partition coefficient (Wildman–Crippen LogP) is 2.50. The van der Waals surface area contributed by atoms with Crippen LogP contribution in [0.3, 0.4) is 0 Å². The SMILES string of the molecule is COc1ccc(C2(N)N=C(N)NC=C2F)cc1NC(=O)c1ccc(Cl)s1. The molecule has 1 unspecified atom stereocenters. The van der Waals surface area contributed by atoms with E-state index in [4.69, 9.17) is 27.8 Å². The molecule has 0 aliphatic carbocycles. The van der Waals surface area contributed by atoms with Gasteiger partial charge in [0.15, 0.2) is 17.4 Å². The van der Waals surface area contributed by atoms with Crippen molar-refractivity contribution in [3.8, 4) is 5.75 Å². The lowest BCUT2D eigenvalue weighted by Crippen LogP contribution is -2.44. The van der Waals surface area contributed by atoms with Crippen LogP contribution in [-0.4, -0.2) is 19.0 Å². The number of rotatable bonds is 4. The van der Waals surface area contributed by atoms with Crippen molar-refractivity contribution in [3.63, 3.8) is 0 Å². The first-order valence-electron chi connectivity index (χ1n) is 7.35. The lowest BCUT2D eigenvalue weighted by molar-refractivity contribution is 0.103. The summed E-state index contributed by atoms with van der Waals surface area (Å²) in [7, 11) is 1.45. The minimum Gasteiger partial charge on any atom is -0.495 e. The molecular weight excluding hydrogens is 381 g/mol. The summed E-state index contributed by atoms with van der Waals surface area (Å²) in [6.45, 7) is 0. The molecule has 2 aromatic rings. The van der Waals surface area contributed by atoms with Crippen molar-refractivity contribution in [1.82, 2.24) is 5.32 Å². The van der Waals surface area contributed by atoms with Gasteiger partial charge in [-0.1, -0.05) is 17.7 Å².